The number of benzene rings is 3. The molecule has 0 saturated carbocycles. The molecule has 0 saturated heterocycles. The van der Waals surface area contributed by atoms with Gasteiger partial charge >= 0.3 is 0 Å². The molecule has 1 heterocycles. The van der Waals surface area contributed by atoms with Gasteiger partial charge in [0.05, 0.1) is 11.1 Å². The van der Waals surface area contributed by atoms with Gasteiger partial charge in [0.15, 0.2) is 0 Å². The fourth-order valence-electron chi connectivity index (χ4n) is 3.11. The van der Waals surface area contributed by atoms with E-state index in [2.05, 4.69) is 5.32 Å². The van der Waals surface area contributed by atoms with Crippen LogP contribution in [0.2, 0.25) is 5.02 Å². The first-order chi connectivity index (χ1) is 12.5. The summed E-state index contributed by atoms with van der Waals surface area (Å²) >= 11 is 6.20. The number of amides is 3. The van der Waals surface area contributed by atoms with Gasteiger partial charge in [-0.05, 0) is 35.7 Å². The van der Waals surface area contributed by atoms with Crippen LogP contribution >= 0.6 is 11.6 Å². The largest absolute Gasteiger partial charge is 0.322 e. The molecule has 0 spiro atoms. The molecule has 1 aliphatic heterocycles. The van der Waals surface area contributed by atoms with Crippen LogP contribution in [0.25, 0.3) is 10.8 Å². The Morgan fingerprint density at radius 2 is 1.62 bits per heavy atom. The maximum Gasteiger partial charge on any atom is 0.261 e. The summed E-state index contributed by atoms with van der Waals surface area (Å²) in [4.78, 5) is 37.8. The van der Waals surface area contributed by atoms with Gasteiger partial charge in [0.2, 0.25) is 0 Å². The topological polar surface area (TPSA) is 66.5 Å². The van der Waals surface area contributed by atoms with E-state index in [-0.39, 0.29) is 23.3 Å². The molecule has 0 fully saturated rings. The molecule has 26 heavy (non-hydrogen) atoms. The molecule has 6 heteroatoms. The Kier molecular flexibility index (Phi) is 3.74. The number of hydrogen-bond acceptors (Lipinski definition) is 3. The number of fused-ring (bicyclic) bond motifs is 2. The van der Waals surface area contributed by atoms with Crippen LogP contribution in [0.15, 0.2) is 54.6 Å². The van der Waals surface area contributed by atoms with Gasteiger partial charge in [0.1, 0.15) is 0 Å². The van der Waals surface area contributed by atoms with E-state index in [4.69, 9.17) is 11.6 Å². The maximum atomic E-state index is 12.7. The van der Waals surface area contributed by atoms with Crippen molar-refractivity contribution in [1.29, 1.82) is 0 Å². The van der Waals surface area contributed by atoms with E-state index in [0.717, 1.165) is 15.7 Å². The lowest BCUT2D eigenvalue weighted by atomic mass is 10.0. The second-order valence-electron chi connectivity index (χ2n) is 6.02. The predicted molar refractivity (Wildman–Crippen MR) is 99.8 cm³/mol. The zero-order valence-corrected chi connectivity index (χ0v) is 14.5. The van der Waals surface area contributed by atoms with E-state index in [9.17, 15) is 14.4 Å². The van der Waals surface area contributed by atoms with Crippen molar-refractivity contribution in [1.82, 2.24) is 4.90 Å². The van der Waals surface area contributed by atoms with Crippen molar-refractivity contribution < 1.29 is 14.4 Å². The fourth-order valence-corrected chi connectivity index (χ4v) is 3.34. The van der Waals surface area contributed by atoms with Crippen molar-refractivity contribution in [2.45, 2.75) is 0 Å². The number of carbonyl (C=O) groups excluding carboxylic acids is 3. The Morgan fingerprint density at radius 1 is 0.923 bits per heavy atom. The highest BCUT2D eigenvalue weighted by atomic mass is 35.5. The minimum absolute atomic E-state index is 0.288. The third-order valence-corrected chi connectivity index (χ3v) is 4.79. The molecule has 3 aromatic carbocycles. The standard InChI is InChI=1S/C20H13ClN2O3/c1-23-19(25)15-9-8-11(10-16(15)20(23)26)22-18(24)14-6-2-5-13-12(14)4-3-7-17(13)21/h2-10H,1H3,(H,22,24). The Hall–Kier alpha value is -3.18. The lowest BCUT2D eigenvalue weighted by Gasteiger charge is -2.09. The van der Waals surface area contributed by atoms with Crippen molar-refractivity contribution in [2.75, 3.05) is 12.4 Å². The minimum Gasteiger partial charge on any atom is -0.322 e. The van der Waals surface area contributed by atoms with Gasteiger partial charge in [0.25, 0.3) is 17.7 Å². The molecule has 5 nitrogen and oxygen atoms in total. The smallest absolute Gasteiger partial charge is 0.261 e. The maximum absolute atomic E-state index is 12.7. The first-order valence-electron chi connectivity index (χ1n) is 7.92. The summed E-state index contributed by atoms with van der Waals surface area (Å²) in [5, 5.41) is 4.89. The van der Waals surface area contributed by atoms with Crippen LogP contribution in [0.1, 0.15) is 31.1 Å². The minimum atomic E-state index is -0.377. The van der Waals surface area contributed by atoms with Crippen molar-refractivity contribution >= 4 is 45.8 Å². The van der Waals surface area contributed by atoms with Crippen LogP contribution in [-0.2, 0) is 0 Å². The van der Waals surface area contributed by atoms with Crippen molar-refractivity contribution in [3.8, 4) is 0 Å². The Bertz CT molecular complexity index is 1110. The molecule has 0 unspecified atom stereocenters. The highest BCUT2D eigenvalue weighted by Crippen LogP contribution is 2.28. The summed E-state index contributed by atoms with van der Waals surface area (Å²) in [6, 6.07) is 15.4. The van der Waals surface area contributed by atoms with Crippen LogP contribution < -0.4 is 5.32 Å². The number of rotatable bonds is 2. The van der Waals surface area contributed by atoms with E-state index < -0.39 is 0 Å². The lowest BCUT2D eigenvalue weighted by Crippen LogP contribution is -2.24. The molecular formula is C20H13ClN2O3. The van der Waals surface area contributed by atoms with Gasteiger partial charge in [-0.15, -0.1) is 0 Å². The van der Waals surface area contributed by atoms with Crippen molar-refractivity contribution in [3.05, 3.63) is 76.3 Å². The van der Waals surface area contributed by atoms with E-state index in [1.54, 1.807) is 36.4 Å². The number of nitrogens with zero attached hydrogens (tertiary/aromatic N) is 1. The van der Waals surface area contributed by atoms with E-state index in [1.165, 1.54) is 13.1 Å². The Balaban J connectivity index is 1.70. The molecule has 0 bridgehead atoms. The van der Waals surface area contributed by atoms with Gasteiger partial charge in [-0.25, -0.2) is 0 Å². The van der Waals surface area contributed by atoms with Crippen LogP contribution in [-0.4, -0.2) is 29.7 Å². The molecular weight excluding hydrogens is 352 g/mol. The molecule has 0 atom stereocenters. The van der Waals surface area contributed by atoms with Crippen LogP contribution in [0.4, 0.5) is 5.69 Å². The summed E-state index contributed by atoms with van der Waals surface area (Å²) in [5.41, 5.74) is 1.55. The van der Waals surface area contributed by atoms with Crippen molar-refractivity contribution in [2.24, 2.45) is 0 Å². The second-order valence-corrected chi connectivity index (χ2v) is 6.43. The molecule has 0 radical (unpaired) electrons. The van der Waals surface area contributed by atoms with Crippen molar-refractivity contribution in [3.63, 3.8) is 0 Å². The average molecular weight is 365 g/mol. The number of imide groups is 1. The monoisotopic (exact) mass is 364 g/mol. The lowest BCUT2D eigenvalue weighted by molar-refractivity contribution is 0.0692. The number of halogens is 1. The van der Waals surface area contributed by atoms with Gasteiger partial charge in [0, 0.05) is 28.7 Å². The molecule has 3 aromatic rings. The zero-order chi connectivity index (χ0) is 18.4. The fraction of sp³-hybridized carbons (Fsp3) is 0.0500. The van der Waals surface area contributed by atoms with Crippen LogP contribution in [0.3, 0.4) is 0 Å². The van der Waals surface area contributed by atoms with Gasteiger partial charge in [-0.2, -0.15) is 0 Å². The normalized spacial score (nSPS) is 13.2. The van der Waals surface area contributed by atoms with Gasteiger partial charge in [-0.1, -0.05) is 35.9 Å². The van der Waals surface area contributed by atoms with E-state index in [1.807, 2.05) is 12.1 Å². The molecule has 128 valence electrons. The predicted octanol–water partition coefficient (Wildman–Crippen LogP) is 3.97. The molecule has 1 N–H and O–H groups in total. The molecule has 0 aromatic heterocycles. The van der Waals surface area contributed by atoms with E-state index in [0.29, 0.717) is 21.8 Å². The summed E-state index contributed by atoms with van der Waals surface area (Å²) in [5.74, 6) is -1.03. The molecule has 0 aliphatic carbocycles. The Labute approximate surface area is 154 Å². The van der Waals surface area contributed by atoms with E-state index >= 15 is 0 Å². The summed E-state index contributed by atoms with van der Waals surface area (Å²) < 4.78 is 0. The highest BCUT2D eigenvalue weighted by Gasteiger charge is 2.32. The van der Waals surface area contributed by atoms with Gasteiger partial charge in [-0.3, -0.25) is 19.3 Å². The SMILES string of the molecule is CN1C(=O)c2ccc(NC(=O)c3cccc4c(Cl)cccc34)cc2C1=O. The number of hydrogen-bond donors (Lipinski definition) is 1. The number of anilines is 1. The quantitative estimate of drug-likeness (QED) is 0.699. The number of carbonyl (C=O) groups is 3. The second kappa shape index (κ2) is 5.97. The summed E-state index contributed by atoms with van der Waals surface area (Å²) in [6.45, 7) is 0. The Morgan fingerprint density at radius 3 is 2.42 bits per heavy atom. The third-order valence-electron chi connectivity index (χ3n) is 4.46. The number of nitrogens with one attached hydrogen (secondary N) is 1. The first-order valence-corrected chi connectivity index (χ1v) is 8.30. The molecule has 4 rings (SSSR count). The van der Waals surface area contributed by atoms with Gasteiger partial charge < -0.3 is 5.32 Å². The molecule has 3 amide bonds. The average Bonchev–Trinajstić information content (AvgIpc) is 2.86. The first kappa shape index (κ1) is 16.3. The zero-order valence-electron chi connectivity index (χ0n) is 13.7. The summed E-state index contributed by atoms with van der Waals surface area (Å²) in [6.07, 6.45) is 0. The highest BCUT2D eigenvalue weighted by molar-refractivity contribution is 6.36. The third kappa shape index (κ3) is 2.45. The summed E-state index contributed by atoms with van der Waals surface area (Å²) in [7, 11) is 1.43. The van der Waals surface area contributed by atoms with Crippen LogP contribution in [0, 0.1) is 0 Å². The van der Waals surface area contributed by atoms with Crippen LogP contribution in [0.5, 0.6) is 0 Å². The molecule has 1 aliphatic rings.